The minimum absolute atomic E-state index is 0.318. The molecule has 0 bridgehead atoms. The summed E-state index contributed by atoms with van der Waals surface area (Å²) in [4.78, 5) is 2.41. The SMILES string of the molecule is CCNC(COC)CN(C)C(C)C(C)(C)C. The van der Waals surface area contributed by atoms with Crippen molar-refractivity contribution in [2.45, 2.75) is 46.7 Å². The highest BCUT2D eigenvalue weighted by molar-refractivity contribution is 4.80. The molecule has 0 aliphatic carbocycles. The second-order valence-corrected chi connectivity index (χ2v) is 5.69. The molecule has 2 unspecified atom stereocenters. The van der Waals surface area contributed by atoms with E-state index in [1.165, 1.54) is 0 Å². The van der Waals surface area contributed by atoms with E-state index in [1.54, 1.807) is 7.11 Å². The lowest BCUT2D eigenvalue weighted by molar-refractivity contribution is 0.0995. The van der Waals surface area contributed by atoms with Crippen molar-refractivity contribution in [3.63, 3.8) is 0 Å². The Labute approximate surface area is 102 Å². The van der Waals surface area contributed by atoms with E-state index >= 15 is 0 Å². The molecule has 1 N–H and O–H groups in total. The van der Waals surface area contributed by atoms with E-state index < -0.39 is 0 Å². The van der Waals surface area contributed by atoms with Crippen molar-refractivity contribution in [2.24, 2.45) is 5.41 Å². The Kier molecular flexibility index (Phi) is 7.20. The molecule has 0 aliphatic heterocycles. The van der Waals surface area contributed by atoms with Crippen molar-refractivity contribution >= 4 is 0 Å². The Bertz CT molecular complexity index is 171. The molecule has 0 rings (SSSR count). The molecule has 16 heavy (non-hydrogen) atoms. The zero-order valence-corrected chi connectivity index (χ0v) is 12.1. The first kappa shape index (κ1) is 15.9. The van der Waals surface area contributed by atoms with Crippen LogP contribution in [-0.2, 0) is 4.74 Å². The summed E-state index contributed by atoms with van der Waals surface area (Å²) in [6.45, 7) is 14.1. The van der Waals surface area contributed by atoms with Crippen molar-refractivity contribution in [1.29, 1.82) is 0 Å². The van der Waals surface area contributed by atoms with Gasteiger partial charge in [0.05, 0.1) is 6.61 Å². The summed E-state index contributed by atoms with van der Waals surface area (Å²) in [6.07, 6.45) is 0. The van der Waals surface area contributed by atoms with E-state index in [1.807, 2.05) is 0 Å². The first-order valence-electron chi connectivity index (χ1n) is 6.25. The summed E-state index contributed by atoms with van der Waals surface area (Å²) in [7, 11) is 3.95. The van der Waals surface area contributed by atoms with E-state index in [9.17, 15) is 0 Å². The van der Waals surface area contributed by atoms with E-state index in [0.29, 0.717) is 17.5 Å². The number of nitrogens with zero attached hydrogens (tertiary/aromatic N) is 1. The van der Waals surface area contributed by atoms with Gasteiger partial charge in [-0.3, -0.25) is 0 Å². The molecule has 0 aliphatic rings. The van der Waals surface area contributed by atoms with Crippen LogP contribution in [0, 0.1) is 5.41 Å². The standard InChI is InChI=1S/C13H30N2O/c1-8-14-12(10-16-7)9-15(6)11(2)13(3,4)5/h11-12,14H,8-10H2,1-7H3. The third kappa shape index (κ3) is 5.83. The van der Waals surface area contributed by atoms with E-state index in [-0.39, 0.29) is 0 Å². The minimum atomic E-state index is 0.318. The Morgan fingerprint density at radius 3 is 2.25 bits per heavy atom. The van der Waals surface area contributed by atoms with Gasteiger partial charge in [-0.2, -0.15) is 0 Å². The first-order chi connectivity index (χ1) is 7.32. The van der Waals surface area contributed by atoms with Crippen LogP contribution in [0.5, 0.6) is 0 Å². The van der Waals surface area contributed by atoms with Crippen LogP contribution in [0.3, 0.4) is 0 Å². The molecular weight excluding hydrogens is 200 g/mol. The van der Waals surface area contributed by atoms with E-state index in [0.717, 1.165) is 19.7 Å². The van der Waals surface area contributed by atoms with Crippen LogP contribution in [0.1, 0.15) is 34.6 Å². The fourth-order valence-corrected chi connectivity index (χ4v) is 1.83. The number of likely N-dealkylation sites (N-methyl/N-ethyl adjacent to an activating group) is 2. The molecule has 0 aromatic rings. The van der Waals surface area contributed by atoms with Crippen molar-refractivity contribution in [3.05, 3.63) is 0 Å². The first-order valence-corrected chi connectivity index (χ1v) is 6.25. The molecule has 0 heterocycles. The predicted octanol–water partition coefficient (Wildman–Crippen LogP) is 1.98. The van der Waals surface area contributed by atoms with Gasteiger partial charge in [0.25, 0.3) is 0 Å². The summed E-state index contributed by atoms with van der Waals surface area (Å²) in [5, 5.41) is 3.45. The van der Waals surface area contributed by atoms with Crippen LogP contribution >= 0.6 is 0 Å². The van der Waals surface area contributed by atoms with Gasteiger partial charge in [-0.15, -0.1) is 0 Å². The quantitative estimate of drug-likeness (QED) is 0.724. The molecular formula is C13H30N2O. The van der Waals surface area contributed by atoms with Crippen LogP contribution in [0.25, 0.3) is 0 Å². The zero-order chi connectivity index (χ0) is 12.8. The fourth-order valence-electron chi connectivity index (χ4n) is 1.83. The second-order valence-electron chi connectivity index (χ2n) is 5.69. The molecule has 0 aromatic heterocycles. The van der Waals surface area contributed by atoms with Gasteiger partial charge in [0, 0.05) is 25.7 Å². The Morgan fingerprint density at radius 2 is 1.88 bits per heavy atom. The van der Waals surface area contributed by atoms with Crippen molar-refractivity contribution in [1.82, 2.24) is 10.2 Å². The van der Waals surface area contributed by atoms with Gasteiger partial charge in [0.1, 0.15) is 0 Å². The maximum absolute atomic E-state index is 5.23. The average Bonchev–Trinajstić information content (AvgIpc) is 2.15. The summed E-state index contributed by atoms with van der Waals surface area (Å²) < 4.78 is 5.23. The Hall–Kier alpha value is -0.120. The Balaban J connectivity index is 4.22. The molecule has 2 atom stereocenters. The zero-order valence-electron chi connectivity index (χ0n) is 12.1. The molecule has 0 amide bonds. The summed E-state index contributed by atoms with van der Waals surface area (Å²) >= 11 is 0. The molecule has 0 saturated carbocycles. The lowest BCUT2D eigenvalue weighted by Gasteiger charge is -2.37. The average molecular weight is 230 g/mol. The third-order valence-electron chi connectivity index (χ3n) is 3.28. The van der Waals surface area contributed by atoms with Crippen molar-refractivity contribution in [2.75, 3.05) is 33.9 Å². The number of hydrogen-bond donors (Lipinski definition) is 1. The van der Waals surface area contributed by atoms with E-state index in [4.69, 9.17) is 4.74 Å². The normalized spacial score (nSPS) is 16.5. The number of methoxy groups -OCH3 is 1. The molecule has 3 heteroatoms. The van der Waals surface area contributed by atoms with Crippen molar-refractivity contribution in [3.8, 4) is 0 Å². The van der Waals surface area contributed by atoms with Crippen LogP contribution in [0.15, 0.2) is 0 Å². The topological polar surface area (TPSA) is 24.5 Å². The minimum Gasteiger partial charge on any atom is -0.383 e. The lowest BCUT2D eigenvalue weighted by atomic mass is 9.87. The maximum Gasteiger partial charge on any atom is 0.0628 e. The van der Waals surface area contributed by atoms with Gasteiger partial charge in [-0.25, -0.2) is 0 Å². The number of hydrogen-bond acceptors (Lipinski definition) is 3. The van der Waals surface area contributed by atoms with E-state index in [2.05, 4.69) is 51.9 Å². The number of nitrogens with one attached hydrogen (secondary N) is 1. The molecule has 0 fully saturated rings. The number of rotatable bonds is 7. The molecule has 0 saturated heterocycles. The molecule has 0 spiro atoms. The van der Waals surface area contributed by atoms with Crippen LogP contribution in [0.4, 0.5) is 0 Å². The van der Waals surface area contributed by atoms with Gasteiger partial charge in [-0.05, 0) is 25.9 Å². The summed E-state index contributed by atoms with van der Waals surface area (Å²) in [5.74, 6) is 0. The van der Waals surface area contributed by atoms with Crippen LogP contribution < -0.4 is 5.32 Å². The van der Waals surface area contributed by atoms with Gasteiger partial charge < -0.3 is 15.0 Å². The number of ether oxygens (including phenoxy) is 1. The van der Waals surface area contributed by atoms with Crippen molar-refractivity contribution < 1.29 is 4.74 Å². The summed E-state index contributed by atoms with van der Waals surface area (Å²) in [6, 6.07) is 0.982. The maximum atomic E-state index is 5.23. The molecule has 3 nitrogen and oxygen atoms in total. The highest BCUT2D eigenvalue weighted by Gasteiger charge is 2.25. The predicted molar refractivity (Wildman–Crippen MR) is 70.9 cm³/mol. The summed E-state index contributed by atoms with van der Waals surface area (Å²) in [5.41, 5.74) is 0.318. The van der Waals surface area contributed by atoms with Crippen LogP contribution in [0.2, 0.25) is 0 Å². The van der Waals surface area contributed by atoms with Crippen LogP contribution in [-0.4, -0.2) is 50.8 Å². The molecule has 0 radical (unpaired) electrons. The second kappa shape index (κ2) is 7.25. The Morgan fingerprint density at radius 1 is 1.31 bits per heavy atom. The highest BCUT2D eigenvalue weighted by atomic mass is 16.5. The molecule has 98 valence electrons. The van der Waals surface area contributed by atoms with Gasteiger partial charge in [0.15, 0.2) is 0 Å². The van der Waals surface area contributed by atoms with Gasteiger partial charge in [0.2, 0.25) is 0 Å². The monoisotopic (exact) mass is 230 g/mol. The molecule has 0 aromatic carbocycles. The fraction of sp³-hybridized carbons (Fsp3) is 1.00. The third-order valence-corrected chi connectivity index (χ3v) is 3.28. The lowest BCUT2D eigenvalue weighted by Crippen LogP contribution is -2.48. The largest absolute Gasteiger partial charge is 0.383 e. The van der Waals surface area contributed by atoms with Gasteiger partial charge in [-0.1, -0.05) is 27.7 Å². The van der Waals surface area contributed by atoms with Gasteiger partial charge >= 0.3 is 0 Å². The highest BCUT2D eigenvalue weighted by Crippen LogP contribution is 2.22. The smallest absolute Gasteiger partial charge is 0.0628 e.